The second kappa shape index (κ2) is 8.35. The zero-order chi connectivity index (χ0) is 19.4. The fourth-order valence-electron chi connectivity index (χ4n) is 3.11. The second-order valence-corrected chi connectivity index (χ2v) is 7.33. The Morgan fingerprint density at radius 2 is 2.07 bits per heavy atom. The minimum atomic E-state index is -0.550. The molecule has 0 fully saturated rings. The van der Waals surface area contributed by atoms with E-state index in [2.05, 4.69) is 10.6 Å². The molecule has 2 N–H and O–H groups in total. The van der Waals surface area contributed by atoms with Crippen LogP contribution in [0.2, 0.25) is 0 Å². The molecule has 1 aromatic heterocycles. The van der Waals surface area contributed by atoms with Gasteiger partial charge in [0, 0.05) is 11.4 Å². The lowest BCUT2D eigenvalue weighted by Crippen LogP contribution is -2.46. The molecule has 7 heteroatoms. The summed E-state index contributed by atoms with van der Waals surface area (Å²) in [5.41, 5.74) is 3.99. The molecule has 0 saturated heterocycles. The number of furan rings is 1. The average molecular weight is 386 g/mol. The van der Waals surface area contributed by atoms with E-state index in [0.717, 1.165) is 22.5 Å². The Balaban J connectivity index is 1.92. The summed E-state index contributed by atoms with van der Waals surface area (Å²) in [6, 6.07) is 8.78. The van der Waals surface area contributed by atoms with Crippen molar-refractivity contribution in [3.63, 3.8) is 0 Å². The molecule has 2 heterocycles. The summed E-state index contributed by atoms with van der Waals surface area (Å²) in [5, 5.41) is 5.63. The molecule has 27 heavy (non-hydrogen) atoms. The van der Waals surface area contributed by atoms with Gasteiger partial charge in [0.25, 0.3) is 0 Å². The van der Waals surface area contributed by atoms with Crippen LogP contribution in [0.15, 0.2) is 52.3 Å². The van der Waals surface area contributed by atoms with Crippen molar-refractivity contribution in [1.29, 1.82) is 0 Å². The molecule has 1 aliphatic heterocycles. The molecule has 1 atom stereocenters. The minimum absolute atomic E-state index is 0.332. The first-order valence-electron chi connectivity index (χ1n) is 8.55. The van der Waals surface area contributed by atoms with Crippen LogP contribution in [-0.2, 0) is 15.3 Å². The number of ether oxygens (including phenoxy) is 1. The van der Waals surface area contributed by atoms with Crippen molar-refractivity contribution < 1.29 is 18.7 Å². The lowest BCUT2D eigenvalue weighted by molar-refractivity contribution is -0.136. The molecule has 2 aromatic rings. The summed E-state index contributed by atoms with van der Waals surface area (Å²) in [5.74, 6) is 1.48. The summed E-state index contributed by atoms with van der Waals surface area (Å²) in [4.78, 5) is 24.8. The van der Waals surface area contributed by atoms with E-state index >= 15 is 0 Å². The number of thioether (sulfide) groups is 1. The van der Waals surface area contributed by atoms with Gasteiger partial charge in [0.2, 0.25) is 0 Å². The van der Waals surface area contributed by atoms with Gasteiger partial charge < -0.3 is 19.8 Å². The molecule has 0 spiro atoms. The van der Waals surface area contributed by atoms with Crippen LogP contribution in [0.4, 0.5) is 4.79 Å². The van der Waals surface area contributed by atoms with Gasteiger partial charge in [-0.05, 0) is 37.1 Å². The molecule has 0 bridgehead atoms. The van der Waals surface area contributed by atoms with Gasteiger partial charge in [-0.15, -0.1) is 11.8 Å². The monoisotopic (exact) mass is 386 g/mol. The number of esters is 1. The number of carbonyl (C=O) groups excluding carboxylic acids is 2. The van der Waals surface area contributed by atoms with Gasteiger partial charge in [-0.3, -0.25) is 0 Å². The number of amides is 2. The zero-order valence-corrected chi connectivity index (χ0v) is 16.3. The number of nitrogens with one attached hydrogen (secondary N) is 2. The third kappa shape index (κ3) is 4.36. The van der Waals surface area contributed by atoms with Crippen molar-refractivity contribution in [2.75, 3.05) is 12.9 Å². The van der Waals surface area contributed by atoms with Crippen molar-refractivity contribution in [1.82, 2.24) is 10.6 Å². The molecule has 2 amide bonds. The smallest absolute Gasteiger partial charge is 0.338 e. The first-order valence-corrected chi connectivity index (χ1v) is 9.71. The predicted molar refractivity (Wildman–Crippen MR) is 104 cm³/mol. The number of hydrogen-bond donors (Lipinski definition) is 2. The van der Waals surface area contributed by atoms with Crippen LogP contribution in [0.5, 0.6) is 0 Å². The van der Waals surface area contributed by atoms with Gasteiger partial charge in [0.1, 0.15) is 5.76 Å². The van der Waals surface area contributed by atoms with E-state index in [4.69, 9.17) is 9.15 Å². The topological polar surface area (TPSA) is 80.6 Å². The Kier molecular flexibility index (Phi) is 5.91. The number of hydrogen-bond acceptors (Lipinski definition) is 5. The van der Waals surface area contributed by atoms with Gasteiger partial charge >= 0.3 is 12.0 Å². The molecule has 0 radical (unpaired) electrons. The molecule has 0 saturated carbocycles. The third-order valence-corrected chi connectivity index (χ3v) is 5.35. The molecular weight excluding hydrogens is 364 g/mol. The Morgan fingerprint density at radius 1 is 1.26 bits per heavy atom. The van der Waals surface area contributed by atoms with Crippen LogP contribution >= 0.6 is 11.8 Å². The van der Waals surface area contributed by atoms with Crippen molar-refractivity contribution >= 4 is 23.8 Å². The fourth-order valence-corrected chi connectivity index (χ4v) is 4.01. The number of aryl methyl sites for hydroxylation is 2. The van der Waals surface area contributed by atoms with Crippen molar-refractivity contribution in [2.24, 2.45) is 0 Å². The van der Waals surface area contributed by atoms with Gasteiger partial charge in [-0.25, -0.2) is 9.59 Å². The first kappa shape index (κ1) is 19.1. The lowest BCUT2D eigenvalue weighted by atomic mass is 9.91. The average Bonchev–Trinajstić information content (AvgIpc) is 3.14. The van der Waals surface area contributed by atoms with Crippen LogP contribution in [0.25, 0.3) is 0 Å². The SMILES string of the molecule is COC(=O)C1=C(CSCc2ccco2)NC(=O)N[C@@H]1c1ccc(C)cc1C. The summed E-state index contributed by atoms with van der Waals surface area (Å²) >= 11 is 1.55. The van der Waals surface area contributed by atoms with Gasteiger partial charge in [-0.1, -0.05) is 23.8 Å². The Morgan fingerprint density at radius 3 is 2.74 bits per heavy atom. The lowest BCUT2D eigenvalue weighted by Gasteiger charge is -2.30. The van der Waals surface area contributed by atoms with Crippen molar-refractivity contribution in [3.05, 3.63) is 70.3 Å². The summed E-state index contributed by atoms with van der Waals surface area (Å²) in [7, 11) is 1.35. The molecule has 1 aliphatic rings. The van der Waals surface area contributed by atoms with Crippen molar-refractivity contribution in [2.45, 2.75) is 25.6 Å². The highest BCUT2D eigenvalue weighted by Gasteiger charge is 2.34. The number of benzene rings is 1. The second-order valence-electron chi connectivity index (χ2n) is 6.35. The molecular formula is C20H22N2O4S. The van der Waals surface area contributed by atoms with Gasteiger partial charge in [0.15, 0.2) is 0 Å². The van der Waals surface area contributed by atoms with E-state index in [1.165, 1.54) is 7.11 Å². The summed E-state index contributed by atoms with van der Waals surface area (Å²) < 4.78 is 10.3. The number of urea groups is 1. The summed E-state index contributed by atoms with van der Waals surface area (Å²) in [6.07, 6.45) is 1.62. The highest BCUT2D eigenvalue weighted by atomic mass is 32.2. The molecule has 142 valence electrons. The molecule has 1 aromatic carbocycles. The van der Waals surface area contributed by atoms with Gasteiger partial charge in [-0.2, -0.15) is 0 Å². The quantitative estimate of drug-likeness (QED) is 0.742. The molecule has 6 nitrogen and oxygen atoms in total. The first-order chi connectivity index (χ1) is 13.0. The van der Waals surface area contributed by atoms with E-state index < -0.39 is 12.0 Å². The van der Waals surface area contributed by atoms with Crippen molar-refractivity contribution in [3.8, 4) is 0 Å². The third-order valence-electron chi connectivity index (χ3n) is 4.37. The largest absolute Gasteiger partial charge is 0.468 e. The Bertz CT molecular complexity index is 874. The maximum Gasteiger partial charge on any atom is 0.338 e. The van der Waals surface area contributed by atoms with Crippen LogP contribution in [0.1, 0.15) is 28.5 Å². The van der Waals surface area contributed by atoms with E-state index in [1.807, 2.05) is 44.2 Å². The Labute approximate surface area is 162 Å². The predicted octanol–water partition coefficient (Wildman–Crippen LogP) is 3.61. The highest BCUT2D eigenvalue weighted by molar-refractivity contribution is 7.98. The van der Waals surface area contributed by atoms with E-state index in [9.17, 15) is 9.59 Å². The van der Waals surface area contributed by atoms with E-state index in [0.29, 0.717) is 22.8 Å². The summed E-state index contributed by atoms with van der Waals surface area (Å²) in [6.45, 7) is 3.97. The van der Waals surface area contributed by atoms with Crippen LogP contribution in [0, 0.1) is 13.8 Å². The number of methoxy groups -OCH3 is 1. The zero-order valence-electron chi connectivity index (χ0n) is 15.5. The normalized spacial score (nSPS) is 16.7. The van der Waals surface area contributed by atoms with Gasteiger partial charge in [0.05, 0.1) is 30.7 Å². The van der Waals surface area contributed by atoms with Crippen LogP contribution in [-0.4, -0.2) is 24.9 Å². The Hall–Kier alpha value is -2.67. The molecule has 0 aliphatic carbocycles. The maximum atomic E-state index is 12.5. The van der Waals surface area contributed by atoms with E-state index in [1.54, 1.807) is 18.0 Å². The number of rotatable bonds is 6. The van der Waals surface area contributed by atoms with E-state index in [-0.39, 0.29) is 6.03 Å². The fraction of sp³-hybridized carbons (Fsp3) is 0.300. The van der Waals surface area contributed by atoms with Crippen LogP contribution in [0.3, 0.4) is 0 Å². The standard InChI is InChI=1S/C20H22N2O4S/c1-12-6-7-15(13(2)9-12)18-17(19(23)25-3)16(21-20(24)22-18)11-27-10-14-5-4-8-26-14/h4-9,18H,10-11H2,1-3H3,(H2,21,22,24)/t18-/m1/s1. The molecule has 0 unspecified atom stereocenters. The minimum Gasteiger partial charge on any atom is -0.468 e. The highest BCUT2D eigenvalue weighted by Crippen LogP contribution is 2.31. The number of carbonyl (C=O) groups is 2. The molecule has 3 rings (SSSR count). The maximum absolute atomic E-state index is 12.5. The van der Waals surface area contributed by atoms with Crippen LogP contribution < -0.4 is 10.6 Å².